The summed E-state index contributed by atoms with van der Waals surface area (Å²) in [6.45, 7) is 9.01. The highest BCUT2D eigenvalue weighted by atomic mass is 16.3. The Morgan fingerprint density at radius 2 is 2.05 bits per heavy atom. The minimum atomic E-state index is -0.343. The summed E-state index contributed by atoms with van der Waals surface area (Å²) in [5, 5.41) is 10.0. The number of rotatable bonds is 9. The monoisotopic (exact) mass is 267 g/mol. The normalized spacial score (nSPS) is 24.9. The first-order valence-corrected chi connectivity index (χ1v) is 7.91. The van der Waals surface area contributed by atoms with Gasteiger partial charge in [0, 0.05) is 6.92 Å². The smallest absolute Gasteiger partial charge is 0.204 e. The van der Waals surface area contributed by atoms with Crippen LogP contribution < -0.4 is 0 Å². The van der Waals surface area contributed by atoms with E-state index in [1.165, 1.54) is 32.1 Å². The number of likely N-dealkylation sites (N-methyl/N-ethyl adjacent to an activating group) is 1. The lowest BCUT2D eigenvalue weighted by molar-refractivity contribution is -0.882. The highest BCUT2D eigenvalue weighted by Crippen LogP contribution is 2.21. The molecule has 0 aromatic carbocycles. The number of unbranched alkanes of at least 4 members (excludes halogenated alkanes) is 4. The maximum absolute atomic E-state index is 10.0. The van der Waals surface area contributed by atoms with Crippen molar-refractivity contribution in [2.45, 2.75) is 65.5 Å². The molecule has 3 nitrogen and oxygen atoms in total. The van der Waals surface area contributed by atoms with Crippen LogP contribution in [0.2, 0.25) is 0 Å². The number of amidine groups is 1. The van der Waals surface area contributed by atoms with Crippen LogP contribution in [0, 0.1) is 0 Å². The summed E-state index contributed by atoms with van der Waals surface area (Å²) >= 11 is 0. The number of aliphatic hydroxyl groups is 1. The van der Waals surface area contributed by atoms with E-state index in [-0.39, 0.29) is 6.23 Å². The molecule has 2 unspecified atom stereocenters. The van der Waals surface area contributed by atoms with Crippen LogP contribution in [-0.2, 0) is 0 Å². The minimum absolute atomic E-state index is 0.343. The molecule has 1 heterocycles. The van der Waals surface area contributed by atoms with E-state index in [9.17, 15) is 5.11 Å². The van der Waals surface area contributed by atoms with Crippen LogP contribution >= 0.6 is 0 Å². The van der Waals surface area contributed by atoms with Crippen molar-refractivity contribution in [3.8, 4) is 0 Å². The van der Waals surface area contributed by atoms with Crippen LogP contribution in [0.3, 0.4) is 0 Å². The van der Waals surface area contributed by atoms with Crippen molar-refractivity contribution in [2.75, 3.05) is 19.6 Å². The molecule has 1 rings (SSSR count). The van der Waals surface area contributed by atoms with Gasteiger partial charge in [-0.05, 0) is 19.8 Å². The zero-order valence-electron chi connectivity index (χ0n) is 12.9. The van der Waals surface area contributed by atoms with Crippen molar-refractivity contribution in [2.24, 2.45) is 4.99 Å². The Morgan fingerprint density at radius 1 is 1.26 bits per heavy atom. The summed E-state index contributed by atoms with van der Waals surface area (Å²) in [7, 11) is 0. The predicted octanol–water partition coefficient (Wildman–Crippen LogP) is 3.49. The number of hydrogen-bond acceptors (Lipinski definition) is 2. The lowest BCUT2D eigenvalue weighted by atomic mass is 10.1. The second kappa shape index (κ2) is 8.49. The molecule has 1 aliphatic rings. The predicted molar refractivity (Wildman–Crippen MR) is 82.2 cm³/mol. The quantitative estimate of drug-likeness (QED) is 0.387. The molecule has 1 aliphatic heterocycles. The Balaban J connectivity index is 2.37. The Kier molecular flexibility index (Phi) is 7.32. The molecule has 0 fully saturated rings. The highest BCUT2D eigenvalue weighted by molar-refractivity contribution is 5.78. The van der Waals surface area contributed by atoms with Gasteiger partial charge in [-0.2, -0.15) is 0 Å². The van der Waals surface area contributed by atoms with Crippen LogP contribution in [-0.4, -0.2) is 41.3 Å². The maximum Gasteiger partial charge on any atom is 0.204 e. The van der Waals surface area contributed by atoms with Gasteiger partial charge < -0.3 is 5.11 Å². The molecule has 0 saturated heterocycles. The third-order valence-corrected chi connectivity index (χ3v) is 4.28. The first kappa shape index (κ1) is 16.4. The second-order valence-corrected chi connectivity index (χ2v) is 5.53. The van der Waals surface area contributed by atoms with E-state index in [1.54, 1.807) is 0 Å². The fourth-order valence-corrected chi connectivity index (χ4v) is 2.88. The van der Waals surface area contributed by atoms with Crippen LogP contribution in [0.5, 0.6) is 0 Å². The molecule has 0 saturated carbocycles. The first-order chi connectivity index (χ1) is 9.17. The molecule has 0 spiro atoms. The molecule has 0 amide bonds. The SMILES string of the molecule is CCCCCC/C=C/CC1=NCC[N+]1(CC)C(C)O. The lowest BCUT2D eigenvalue weighted by Crippen LogP contribution is -2.56. The maximum atomic E-state index is 10.0. The van der Waals surface area contributed by atoms with E-state index in [2.05, 4.69) is 31.0 Å². The molecule has 1 N–H and O–H groups in total. The summed E-state index contributed by atoms with van der Waals surface area (Å²) in [6.07, 6.45) is 11.5. The first-order valence-electron chi connectivity index (χ1n) is 7.91. The lowest BCUT2D eigenvalue weighted by Gasteiger charge is -2.35. The highest BCUT2D eigenvalue weighted by Gasteiger charge is 2.39. The molecule has 110 valence electrons. The Hall–Kier alpha value is -0.670. The van der Waals surface area contributed by atoms with Gasteiger partial charge >= 0.3 is 0 Å². The second-order valence-electron chi connectivity index (χ2n) is 5.53. The van der Waals surface area contributed by atoms with E-state index in [4.69, 9.17) is 0 Å². The van der Waals surface area contributed by atoms with Gasteiger partial charge in [-0.1, -0.05) is 38.3 Å². The standard InChI is InChI=1S/C16H31N2O/c1-4-6-7-8-9-10-11-12-16-17-13-14-18(16,5-2)15(3)19/h10-11,15,19H,4-9,12-14H2,1-3H3/q+1/b11-10+. The number of hydrogen-bond donors (Lipinski definition) is 1. The van der Waals surface area contributed by atoms with E-state index in [0.717, 1.165) is 31.9 Å². The molecule has 0 aromatic heterocycles. The number of aliphatic hydroxyl groups excluding tert-OH is 1. The molecule has 0 bridgehead atoms. The summed E-state index contributed by atoms with van der Waals surface area (Å²) in [6, 6.07) is 0. The van der Waals surface area contributed by atoms with Gasteiger partial charge in [0.05, 0.1) is 19.5 Å². The van der Waals surface area contributed by atoms with E-state index >= 15 is 0 Å². The molecule has 0 aliphatic carbocycles. The van der Waals surface area contributed by atoms with Gasteiger partial charge in [-0.25, -0.2) is 4.99 Å². The van der Waals surface area contributed by atoms with Gasteiger partial charge in [0.1, 0.15) is 6.54 Å². The zero-order valence-corrected chi connectivity index (χ0v) is 12.9. The number of aliphatic imine (C=N–C) groups is 1. The van der Waals surface area contributed by atoms with Gasteiger partial charge in [0.2, 0.25) is 5.84 Å². The third kappa shape index (κ3) is 4.43. The number of allylic oxidation sites excluding steroid dienone is 1. The topological polar surface area (TPSA) is 32.6 Å². The Bertz CT molecular complexity index is 310. The van der Waals surface area contributed by atoms with Crippen LogP contribution in [0.4, 0.5) is 0 Å². The third-order valence-electron chi connectivity index (χ3n) is 4.28. The van der Waals surface area contributed by atoms with Crippen molar-refractivity contribution < 1.29 is 9.59 Å². The van der Waals surface area contributed by atoms with Crippen LogP contribution in [0.15, 0.2) is 17.1 Å². The van der Waals surface area contributed by atoms with Gasteiger partial charge in [-0.3, -0.25) is 4.48 Å². The zero-order chi connectivity index (χ0) is 14.1. The molecule has 19 heavy (non-hydrogen) atoms. The summed E-state index contributed by atoms with van der Waals surface area (Å²) in [4.78, 5) is 4.61. The minimum Gasteiger partial charge on any atom is -0.345 e. The van der Waals surface area contributed by atoms with Gasteiger partial charge in [0.25, 0.3) is 0 Å². The summed E-state index contributed by atoms with van der Waals surface area (Å²) < 4.78 is 0.667. The fourth-order valence-electron chi connectivity index (χ4n) is 2.88. The van der Waals surface area contributed by atoms with Crippen LogP contribution in [0.25, 0.3) is 0 Å². The van der Waals surface area contributed by atoms with Crippen molar-refractivity contribution >= 4 is 5.84 Å². The number of nitrogens with zero attached hydrogens (tertiary/aromatic N) is 2. The largest absolute Gasteiger partial charge is 0.345 e. The van der Waals surface area contributed by atoms with Crippen molar-refractivity contribution in [3.05, 3.63) is 12.2 Å². The molecule has 0 aromatic rings. The van der Waals surface area contributed by atoms with Gasteiger partial charge in [0.15, 0.2) is 6.23 Å². The average Bonchev–Trinajstić information content (AvgIpc) is 2.82. The van der Waals surface area contributed by atoms with Crippen molar-refractivity contribution in [1.82, 2.24) is 0 Å². The van der Waals surface area contributed by atoms with Crippen molar-refractivity contribution in [3.63, 3.8) is 0 Å². The molecule has 3 heteroatoms. The van der Waals surface area contributed by atoms with Crippen LogP contribution in [0.1, 0.15) is 59.3 Å². The Morgan fingerprint density at radius 3 is 2.68 bits per heavy atom. The summed E-state index contributed by atoms with van der Waals surface area (Å²) in [5.41, 5.74) is 0. The van der Waals surface area contributed by atoms with E-state index in [0.29, 0.717) is 4.48 Å². The fraction of sp³-hybridized carbons (Fsp3) is 0.812. The molecular weight excluding hydrogens is 236 g/mol. The molecule has 2 atom stereocenters. The summed E-state index contributed by atoms with van der Waals surface area (Å²) in [5.74, 6) is 1.15. The van der Waals surface area contributed by atoms with E-state index < -0.39 is 0 Å². The number of quaternary nitrogens is 1. The van der Waals surface area contributed by atoms with Crippen molar-refractivity contribution in [1.29, 1.82) is 0 Å². The van der Waals surface area contributed by atoms with Gasteiger partial charge in [-0.15, -0.1) is 0 Å². The molecule has 0 radical (unpaired) electrons. The Labute approximate surface area is 118 Å². The average molecular weight is 267 g/mol. The van der Waals surface area contributed by atoms with E-state index in [1.807, 2.05) is 6.92 Å². The molecular formula is C16H31N2O+.